The fourth-order valence-electron chi connectivity index (χ4n) is 2.07. The molecule has 0 saturated carbocycles. The number of benzene rings is 2. The van der Waals surface area contributed by atoms with Crippen LogP contribution in [0.5, 0.6) is 5.75 Å². The molecular formula is C16H16N2O6S. The molecule has 1 amide bonds. The normalized spacial score (nSPS) is 10.9. The molecule has 0 aliphatic heterocycles. The molecule has 0 radical (unpaired) electrons. The Balaban J connectivity index is 2.26. The molecule has 0 fully saturated rings. The van der Waals surface area contributed by atoms with E-state index in [1.54, 1.807) is 0 Å². The molecule has 8 nitrogen and oxygen atoms in total. The lowest BCUT2D eigenvalue weighted by molar-refractivity contribution is -0.136. The van der Waals surface area contributed by atoms with Gasteiger partial charge in [0.15, 0.2) is 0 Å². The van der Waals surface area contributed by atoms with Gasteiger partial charge in [-0.3, -0.25) is 14.3 Å². The molecular weight excluding hydrogens is 348 g/mol. The van der Waals surface area contributed by atoms with E-state index in [1.807, 2.05) is 0 Å². The van der Waals surface area contributed by atoms with Gasteiger partial charge in [-0.2, -0.15) is 0 Å². The van der Waals surface area contributed by atoms with E-state index in [0.717, 1.165) is 0 Å². The Morgan fingerprint density at radius 3 is 2.28 bits per heavy atom. The fraction of sp³-hybridized carbons (Fsp3) is 0.125. The molecule has 0 bridgehead atoms. The van der Waals surface area contributed by atoms with E-state index in [9.17, 15) is 23.1 Å². The Morgan fingerprint density at radius 1 is 1.08 bits per heavy atom. The summed E-state index contributed by atoms with van der Waals surface area (Å²) < 4.78 is 27.0. The molecule has 0 atom stereocenters. The minimum atomic E-state index is -4.00. The number of nitrogens with one attached hydrogen (secondary N) is 2. The highest BCUT2D eigenvalue weighted by atomic mass is 32.2. The van der Waals surface area contributed by atoms with Crippen LogP contribution in [0.15, 0.2) is 47.4 Å². The maximum atomic E-state index is 12.4. The number of aliphatic carboxylic acids is 1. The number of hydrogen-bond acceptors (Lipinski definition) is 5. The van der Waals surface area contributed by atoms with E-state index in [-0.39, 0.29) is 28.7 Å². The largest absolute Gasteiger partial charge is 0.506 e. The van der Waals surface area contributed by atoms with Gasteiger partial charge < -0.3 is 15.5 Å². The van der Waals surface area contributed by atoms with Gasteiger partial charge in [-0.1, -0.05) is 6.07 Å². The number of carbonyl (C=O) groups excluding carboxylic acids is 1. The van der Waals surface area contributed by atoms with Crippen LogP contribution in [0.25, 0.3) is 0 Å². The average molecular weight is 364 g/mol. The van der Waals surface area contributed by atoms with Crippen molar-refractivity contribution in [3.8, 4) is 5.75 Å². The Bertz CT molecular complexity index is 907. The summed E-state index contributed by atoms with van der Waals surface area (Å²) in [6.45, 7) is 1.33. The quantitative estimate of drug-likeness (QED) is 0.578. The molecule has 2 aromatic carbocycles. The summed E-state index contributed by atoms with van der Waals surface area (Å²) in [6, 6.07) is 9.32. The lowest BCUT2D eigenvalue weighted by Crippen LogP contribution is -2.14. The molecule has 2 aromatic rings. The summed E-state index contributed by atoms with van der Waals surface area (Å²) >= 11 is 0. The van der Waals surface area contributed by atoms with E-state index in [0.29, 0.717) is 11.3 Å². The third-order valence-corrected chi connectivity index (χ3v) is 4.53. The van der Waals surface area contributed by atoms with Crippen molar-refractivity contribution >= 4 is 33.3 Å². The lowest BCUT2D eigenvalue weighted by Gasteiger charge is -2.11. The van der Waals surface area contributed by atoms with E-state index in [1.165, 1.54) is 49.4 Å². The van der Waals surface area contributed by atoms with Gasteiger partial charge in [0, 0.05) is 12.6 Å². The lowest BCUT2D eigenvalue weighted by atomic mass is 10.1. The number of hydrogen-bond donors (Lipinski definition) is 4. The van der Waals surface area contributed by atoms with Gasteiger partial charge >= 0.3 is 5.97 Å². The smallest absolute Gasteiger partial charge is 0.307 e. The molecule has 0 aliphatic carbocycles. The van der Waals surface area contributed by atoms with Crippen molar-refractivity contribution in [3.05, 3.63) is 48.0 Å². The molecule has 132 valence electrons. The number of phenols is 1. The second-order valence-electron chi connectivity index (χ2n) is 5.23. The van der Waals surface area contributed by atoms with Crippen molar-refractivity contribution in [2.24, 2.45) is 0 Å². The van der Waals surface area contributed by atoms with Gasteiger partial charge in [-0.15, -0.1) is 0 Å². The van der Waals surface area contributed by atoms with Crippen LogP contribution < -0.4 is 10.0 Å². The predicted octanol–water partition coefficient (Wildman–Crippen LogP) is 1.78. The van der Waals surface area contributed by atoms with E-state index >= 15 is 0 Å². The number of phenolic OH excluding ortho intramolecular Hbond substituents is 1. The highest BCUT2D eigenvalue weighted by molar-refractivity contribution is 7.92. The van der Waals surface area contributed by atoms with E-state index in [4.69, 9.17) is 5.11 Å². The Kier molecular flexibility index (Phi) is 5.28. The van der Waals surface area contributed by atoms with Gasteiger partial charge in [0.25, 0.3) is 10.0 Å². The zero-order chi connectivity index (χ0) is 18.6. The second-order valence-corrected chi connectivity index (χ2v) is 6.92. The molecule has 2 rings (SSSR count). The van der Waals surface area contributed by atoms with Crippen LogP contribution in [0.4, 0.5) is 11.4 Å². The van der Waals surface area contributed by atoms with Crippen LogP contribution in [0, 0.1) is 0 Å². The SMILES string of the molecule is CC(=O)Nc1ccc(S(=O)(=O)Nc2cc(CC(=O)O)ccc2O)cc1. The predicted molar refractivity (Wildman–Crippen MR) is 91.0 cm³/mol. The topological polar surface area (TPSA) is 133 Å². The Morgan fingerprint density at radius 2 is 1.72 bits per heavy atom. The number of carbonyl (C=O) groups is 2. The maximum absolute atomic E-state index is 12.4. The molecule has 4 N–H and O–H groups in total. The monoisotopic (exact) mass is 364 g/mol. The van der Waals surface area contributed by atoms with Crippen molar-refractivity contribution in [3.63, 3.8) is 0 Å². The Labute approximate surface area is 144 Å². The first kappa shape index (κ1) is 18.3. The molecule has 0 spiro atoms. The Hall–Kier alpha value is -3.07. The van der Waals surface area contributed by atoms with Crippen molar-refractivity contribution < 1.29 is 28.2 Å². The van der Waals surface area contributed by atoms with Crippen molar-refractivity contribution in [1.82, 2.24) is 0 Å². The van der Waals surface area contributed by atoms with E-state index < -0.39 is 16.0 Å². The molecule has 0 aliphatic rings. The van der Waals surface area contributed by atoms with Gasteiger partial charge in [-0.25, -0.2) is 8.42 Å². The number of amides is 1. The van der Waals surface area contributed by atoms with Crippen molar-refractivity contribution in [2.75, 3.05) is 10.0 Å². The molecule has 0 heterocycles. The van der Waals surface area contributed by atoms with Crippen molar-refractivity contribution in [2.45, 2.75) is 18.2 Å². The van der Waals surface area contributed by atoms with Crippen LogP contribution >= 0.6 is 0 Å². The summed E-state index contributed by atoms with van der Waals surface area (Å²) in [5.74, 6) is -1.69. The van der Waals surface area contributed by atoms with Crippen LogP contribution in [0.2, 0.25) is 0 Å². The van der Waals surface area contributed by atoms with Gasteiger partial charge in [-0.05, 0) is 42.0 Å². The maximum Gasteiger partial charge on any atom is 0.307 e. The summed E-state index contributed by atoms with van der Waals surface area (Å²) in [5, 5.41) is 21.1. The van der Waals surface area contributed by atoms with Crippen LogP contribution in [0.1, 0.15) is 12.5 Å². The first-order chi connectivity index (χ1) is 11.7. The summed E-state index contributed by atoms with van der Waals surface area (Å²) in [6.07, 6.45) is -0.305. The zero-order valence-corrected chi connectivity index (χ0v) is 14.0. The zero-order valence-electron chi connectivity index (χ0n) is 13.2. The number of sulfonamides is 1. The van der Waals surface area contributed by atoms with Crippen LogP contribution in [-0.2, 0) is 26.0 Å². The first-order valence-corrected chi connectivity index (χ1v) is 8.60. The average Bonchev–Trinajstić information content (AvgIpc) is 2.50. The highest BCUT2D eigenvalue weighted by Gasteiger charge is 2.17. The fourth-order valence-corrected chi connectivity index (χ4v) is 3.14. The van der Waals surface area contributed by atoms with Gasteiger partial charge in [0.05, 0.1) is 17.0 Å². The number of anilines is 2. The molecule has 9 heteroatoms. The van der Waals surface area contributed by atoms with E-state index in [2.05, 4.69) is 10.0 Å². The number of carboxylic acid groups (broad SMARTS) is 1. The molecule has 0 saturated heterocycles. The minimum Gasteiger partial charge on any atom is -0.506 e. The van der Waals surface area contributed by atoms with Crippen molar-refractivity contribution in [1.29, 1.82) is 0 Å². The number of rotatable bonds is 6. The highest BCUT2D eigenvalue weighted by Crippen LogP contribution is 2.27. The number of aromatic hydroxyl groups is 1. The van der Waals surface area contributed by atoms with Gasteiger partial charge in [0.2, 0.25) is 5.91 Å². The van der Waals surface area contributed by atoms with Crippen LogP contribution in [-0.4, -0.2) is 30.5 Å². The molecule has 25 heavy (non-hydrogen) atoms. The summed E-state index contributed by atoms with van der Waals surface area (Å²) in [4.78, 5) is 21.6. The third-order valence-electron chi connectivity index (χ3n) is 3.15. The molecule has 0 aromatic heterocycles. The first-order valence-electron chi connectivity index (χ1n) is 7.11. The summed E-state index contributed by atoms with van der Waals surface area (Å²) in [7, 11) is -4.00. The summed E-state index contributed by atoms with van der Waals surface area (Å²) in [5.41, 5.74) is 0.659. The number of carboxylic acids is 1. The standard InChI is InChI=1S/C16H16N2O6S/c1-10(19)17-12-3-5-13(6-4-12)25(23,24)18-14-8-11(9-16(21)22)2-7-15(14)20/h2-8,18,20H,9H2,1H3,(H,17,19)(H,21,22). The van der Waals surface area contributed by atoms with Gasteiger partial charge in [0.1, 0.15) is 5.75 Å². The van der Waals surface area contributed by atoms with Crippen LogP contribution in [0.3, 0.4) is 0 Å². The third kappa shape index (κ3) is 4.95. The minimum absolute atomic E-state index is 0.0790. The molecule has 0 unspecified atom stereocenters. The second kappa shape index (κ2) is 7.22.